The van der Waals surface area contributed by atoms with E-state index in [1.54, 1.807) is 0 Å². The van der Waals surface area contributed by atoms with Gasteiger partial charge >= 0.3 is 0 Å². The second-order valence-electron chi connectivity index (χ2n) is 4.85. The molecule has 1 aromatic carbocycles. The van der Waals surface area contributed by atoms with Crippen LogP contribution in [0.4, 0.5) is 5.69 Å². The summed E-state index contributed by atoms with van der Waals surface area (Å²) in [5.74, 6) is -0.521. The Hall–Kier alpha value is -1.11. The molecule has 4 N–H and O–H groups in total. The third-order valence-corrected chi connectivity index (χ3v) is 3.62. The van der Waals surface area contributed by atoms with Crippen molar-refractivity contribution in [3.8, 4) is 0 Å². The highest BCUT2D eigenvalue weighted by Crippen LogP contribution is 2.31. The van der Waals surface area contributed by atoms with E-state index in [1.807, 2.05) is 25.1 Å². The minimum absolute atomic E-state index is 0. The second kappa shape index (κ2) is 6.56. The molecule has 5 nitrogen and oxygen atoms in total. The fraction of sp³-hybridized carbons (Fsp3) is 0.385. The van der Waals surface area contributed by atoms with Crippen LogP contribution in [-0.4, -0.2) is 23.9 Å². The maximum atomic E-state index is 11.7. The van der Waals surface area contributed by atoms with Crippen molar-refractivity contribution >= 4 is 45.8 Å². The zero-order valence-corrected chi connectivity index (χ0v) is 13.4. The second-order valence-corrected chi connectivity index (χ2v) is 5.76. The van der Waals surface area contributed by atoms with Gasteiger partial charge in [-0.2, -0.15) is 0 Å². The van der Waals surface area contributed by atoms with Crippen LogP contribution in [0.1, 0.15) is 18.4 Å². The maximum absolute atomic E-state index is 11.7. The molecular formula is C13H17BrClN3O2. The first-order valence-electron chi connectivity index (χ1n) is 6.04. The molecular weight excluding hydrogens is 346 g/mol. The SMILES string of the molecule is Cc1ccc(Br)cc1NC(=O)CNC(=O)C1(N)CC1.Cl. The van der Waals surface area contributed by atoms with Crippen molar-refractivity contribution in [2.24, 2.45) is 5.73 Å². The van der Waals surface area contributed by atoms with Gasteiger partial charge < -0.3 is 16.4 Å². The number of hydrogen-bond donors (Lipinski definition) is 3. The molecule has 110 valence electrons. The van der Waals surface area contributed by atoms with Gasteiger partial charge in [0, 0.05) is 10.2 Å². The first-order valence-corrected chi connectivity index (χ1v) is 6.83. The Kier molecular flexibility index (Phi) is 5.56. The van der Waals surface area contributed by atoms with Gasteiger partial charge in [-0.3, -0.25) is 9.59 Å². The number of benzene rings is 1. The lowest BCUT2D eigenvalue weighted by Crippen LogP contribution is -2.45. The van der Waals surface area contributed by atoms with Crippen molar-refractivity contribution < 1.29 is 9.59 Å². The molecule has 20 heavy (non-hydrogen) atoms. The van der Waals surface area contributed by atoms with Gasteiger partial charge in [0.25, 0.3) is 0 Å². The Bertz CT molecular complexity index is 532. The molecule has 0 aromatic heterocycles. The largest absolute Gasteiger partial charge is 0.345 e. The van der Waals surface area contributed by atoms with E-state index >= 15 is 0 Å². The molecule has 0 saturated heterocycles. The number of carbonyl (C=O) groups excluding carboxylic acids is 2. The Balaban J connectivity index is 0.00000200. The predicted molar refractivity (Wildman–Crippen MR) is 83.9 cm³/mol. The average Bonchev–Trinajstić information content (AvgIpc) is 3.10. The van der Waals surface area contributed by atoms with Crippen molar-refractivity contribution in [1.82, 2.24) is 5.32 Å². The van der Waals surface area contributed by atoms with Crippen LogP contribution in [-0.2, 0) is 9.59 Å². The van der Waals surface area contributed by atoms with E-state index in [-0.39, 0.29) is 30.8 Å². The van der Waals surface area contributed by atoms with Crippen LogP contribution in [0.2, 0.25) is 0 Å². The van der Waals surface area contributed by atoms with Crippen LogP contribution in [0.25, 0.3) is 0 Å². The first-order chi connectivity index (χ1) is 8.90. The standard InChI is InChI=1S/C13H16BrN3O2.ClH/c1-8-2-3-9(14)6-10(8)17-11(18)7-16-12(19)13(15)4-5-13;/h2-3,6H,4-5,7,15H2,1H3,(H,16,19)(H,17,18);1H. The zero-order valence-electron chi connectivity index (χ0n) is 11.0. The molecule has 0 bridgehead atoms. The Morgan fingerprint density at radius 1 is 1.40 bits per heavy atom. The number of halogens is 2. The normalized spacial score (nSPS) is 14.9. The van der Waals surface area contributed by atoms with E-state index in [2.05, 4.69) is 26.6 Å². The summed E-state index contributed by atoms with van der Waals surface area (Å²) in [7, 11) is 0. The number of carbonyl (C=O) groups is 2. The molecule has 2 amide bonds. The molecule has 0 spiro atoms. The fourth-order valence-corrected chi connectivity index (χ4v) is 1.98. The predicted octanol–water partition coefficient (Wildman–Crippen LogP) is 1.73. The minimum Gasteiger partial charge on any atom is -0.345 e. The molecule has 1 aliphatic carbocycles. The van der Waals surface area contributed by atoms with E-state index in [0.717, 1.165) is 15.7 Å². The smallest absolute Gasteiger partial charge is 0.243 e. The summed E-state index contributed by atoms with van der Waals surface area (Å²) in [4.78, 5) is 23.3. The summed E-state index contributed by atoms with van der Waals surface area (Å²) in [6.07, 6.45) is 1.37. The van der Waals surface area contributed by atoms with Gasteiger partial charge in [-0.15, -0.1) is 12.4 Å². The summed E-state index contributed by atoms with van der Waals surface area (Å²) < 4.78 is 0.885. The summed E-state index contributed by atoms with van der Waals surface area (Å²) >= 11 is 3.35. The third kappa shape index (κ3) is 4.19. The molecule has 0 heterocycles. The van der Waals surface area contributed by atoms with Gasteiger partial charge in [0.05, 0.1) is 12.1 Å². The van der Waals surface area contributed by atoms with Crippen molar-refractivity contribution in [2.45, 2.75) is 25.3 Å². The van der Waals surface area contributed by atoms with Gasteiger partial charge in [0.2, 0.25) is 11.8 Å². The minimum atomic E-state index is -0.744. The van der Waals surface area contributed by atoms with Gasteiger partial charge in [0.15, 0.2) is 0 Å². The molecule has 2 rings (SSSR count). The third-order valence-electron chi connectivity index (χ3n) is 3.12. The maximum Gasteiger partial charge on any atom is 0.243 e. The van der Waals surface area contributed by atoms with Crippen LogP contribution in [0.15, 0.2) is 22.7 Å². The van der Waals surface area contributed by atoms with Gasteiger partial charge in [-0.25, -0.2) is 0 Å². The monoisotopic (exact) mass is 361 g/mol. The molecule has 0 aliphatic heterocycles. The summed E-state index contributed by atoms with van der Waals surface area (Å²) in [6, 6.07) is 5.62. The number of hydrogen-bond acceptors (Lipinski definition) is 3. The molecule has 0 atom stereocenters. The van der Waals surface area contributed by atoms with Gasteiger partial charge in [-0.05, 0) is 37.5 Å². The highest BCUT2D eigenvalue weighted by atomic mass is 79.9. The number of amides is 2. The highest BCUT2D eigenvalue weighted by Gasteiger charge is 2.45. The zero-order chi connectivity index (χ0) is 14.0. The lowest BCUT2D eigenvalue weighted by atomic mass is 10.2. The van der Waals surface area contributed by atoms with Gasteiger partial charge in [0.1, 0.15) is 0 Å². The Morgan fingerprint density at radius 3 is 2.65 bits per heavy atom. The summed E-state index contributed by atoms with van der Waals surface area (Å²) in [6.45, 7) is 1.84. The summed E-state index contributed by atoms with van der Waals surface area (Å²) in [5, 5.41) is 5.31. The molecule has 7 heteroatoms. The number of rotatable bonds is 4. The lowest BCUT2D eigenvalue weighted by Gasteiger charge is -2.11. The molecule has 1 saturated carbocycles. The van der Waals surface area contributed by atoms with Crippen LogP contribution in [0, 0.1) is 6.92 Å². The van der Waals surface area contributed by atoms with E-state index in [9.17, 15) is 9.59 Å². The van der Waals surface area contributed by atoms with Crippen molar-refractivity contribution in [1.29, 1.82) is 0 Å². The van der Waals surface area contributed by atoms with Crippen molar-refractivity contribution in [3.05, 3.63) is 28.2 Å². The number of nitrogens with one attached hydrogen (secondary N) is 2. The van der Waals surface area contributed by atoms with Crippen LogP contribution in [0.3, 0.4) is 0 Å². The van der Waals surface area contributed by atoms with Crippen LogP contribution in [0.5, 0.6) is 0 Å². The fourth-order valence-electron chi connectivity index (χ4n) is 1.62. The molecule has 1 aromatic rings. The van der Waals surface area contributed by atoms with E-state index in [0.29, 0.717) is 12.8 Å². The molecule has 1 aliphatic rings. The van der Waals surface area contributed by atoms with E-state index < -0.39 is 5.54 Å². The van der Waals surface area contributed by atoms with E-state index in [1.165, 1.54) is 0 Å². The quantitative estimate of drug-likeness (QED) is 0.762. The Labute approximate surface area is 132 Å². The average molecular weight is 363 g/mol. The number of nitrogens with two attached hydrogens (primary N) is 1. The van der Waals surface area contributed by atoms with Crippen LogP contribution < -0.4 is 16.4 Å². The topological polar surface area (TPSA) is 84.2 Å². The van der Waals surface area contributed by atoms with Gasteiger partial charge in [-0.1, -0.05) is 22.0 Å². The summed E-state index contributed by atoms with van der Waals surface area (Å²) in [5.41, 5.74) is 6.66. The molecule has 0 radical (unpaired) electrons. The van der Waals surface area contributed by atoms with Crippen molar-refractivity contribution in [2.75, 3.05) is 11.9 Å². The van der Waals surface area contributed by atoms with E-state index in [4.69, 9.17) is 5.73 Å². The Morgan fingerprint density at radius 2 is 2.05 bits per heavy atom. The molecule has 0 unspecified atom stereocenters. The number of anilines is 1. The lowest BCUT2D eigenvalue weighted by molar-refractivity contribution is -0.125. The van der Waals surface area contributed by atoms with Crippen molar-refractivity contribution in [3.63, 3.8) is 0 Å². The number of aryl methyl sites for hydroxylation is 1. The molecule has 1 fully saturated rings. The van der Waals surface area contributed by atoms with Crippen LogP contribution >= 0.6 is 28.3 Å². The first kappa shape index (κ1) is 16.9. The highest BCUT2D eigenvalue weighted by molar-refractivity contribution is 9.10.